The average molecular weight is 920 g/mol. The van der Waals surface area contributed by atoms with Crippen molar-refractivity contribution in [3.05, 3.63) is 303 Å². The molecule has 332 valence electrons. The van der Waals surface area contributed by atoms with Crippen LogP contribution in [0.25, 0.3) is 0 Å². The standard InChI is InChI=1S/C70H37N3/c1-10-56(46-59(13-1)31-34-62-16-4-19-65(49-62)37-40-68-22-7-43-71-52-68)28-25-55(26-29-57-11-2-14-60(47-57)32-35-63-17-5-20-66(50-63)38-41-69-23-8-44-72-53-69)27-30-58-12-3-15-61(48-58)33-36-64-18-6-21-67(51-64)39-42-70-24-9-45-73-54-70/h1-24,43-55H. The first kappa shape index (κ1) is 46.9. The summed E-state index contributed by atoms with van der Waals surface area (Å²) >= 11 is 0. The van der Waals surface area contributed by atoms with E-state index in [0.717, 1.165) is 83.5 Å². The molecule has 0 saturated heterocycles. The number of aromatic nitrogens is 3. The van der Waals surface area contributed by atoms with Crippen LogP contribution < -0.4 is 0 Å². The first-order valence-electron chi connectivity index (χ1n) is 23.1. The zero-order chi connectivity index (χ0) is 49.5. The Balaban J connectivity index is 0.963. The van der Waals surface area contributed by atoms with Crippen LogP contribution in [-0.2, 0) is 0 Å². The summed E-state index contributed by atoms with van der Waals surface area (Å²) in [6, 6.07) is 58.6. The minimum Gasteiger partial charge on any atom is -0.263 e. The number of hydrogen-bond donors (Lipinski definition) is 0. The van der Waals surface area contributed by atoms with Gasteiger partial charge in [-0.2, -0.15) is 0 Å². The third kappa shape index (κ3) is 15.2. The highest BCUT2D eigenvalue weighted by Crippen LogP contribution is 2.11. The highest BCUT2D eigenvalue weighted by molar-refractivity contribution is 5.55. The summed E-state index contributed by atoms with van der Waals surface area (Å²) in [6.07, 6.45) is 10.4. The zero-order valence-electron chi connectivity index (χ0n) is 39.2. The van der Waals surface area contributed by atoms with Crippen LogP contribution in [0.15, 0.2) is 219 Å². The molecule has 0 aliphatic carbocycles. The summed E-state index contributed by atoms with van der Waals surface area (Å²) in [5.74, 6) is 58.2. The molecule has 6 aromatic carbocycles. The topological polar surface area (TPSA) is 38.7 Å². The van der Waals surface area contributed by atoms with E-state index in [-0.39, 0.29) is 0 Å². The quantitative estimate of drug-likeness (QED) is 0.142. The molecule has 0 unspecified atom stereocenters. The molecule has 0 aliphatic rings. The van der Waals surface area contributed by atoms with E-state index in [1.807, 2.05) is 182 Å². The second kappa shape index (κ2) is 24.7. The van der Waals surface area contributed by atoms with Gasteiger partial charge in [-0.25, -0.2) is 0 Å². The van der Waals surface area contributed by atoms with Crippen LogP contribution in [0.4, 0.5) is 0 Å². The molecule has 0 N–H and O–H groups in total. The Morgan fingerprint density at radius 1 is 0.205 bits per heavy atom. The number of nitrogens with zero attached hydrogens (tertiary/aromatic N) is 3. The summed E-state index contributed by atoms with van der Waals surface area (Å²) < 4.78 is 0. The van der Waals surface area contributed by atoms with Crippen molar-refractivity contribution in [2.45, 2.75) is 0 Å². The lowest BCUT2D eigenvalue weighted by Gasteiger charge is -1.97. The predicted octanol–water partition coefficient (Wildman–Crippen LogP) is 11.3. The van der Waals surface area contributed by atoms with E-state index in [9.17, 15) is 0 Å². The Bertz CT molecular complexity index is 3650. The lowest BCUT2D eigenvalue weighted by atomic mass is 10.1. The first-order chi connectivity index (χ1) is 36.1. The number of pyridine rings is 3. The van der Waals surface area contributed by atoms with Crippen molar-refractivity contribution < 1.29 is 0 Å². The van der Waals surface area contributed by atoms with E-state index < -0.39 is 5.92 Å². The zero-order valence-corrected chi connectivity index (χ0v) is 39.2. The molecule has 3 aromatic heterocycles. The Hall–Kier alpha value is -11.2. The largest absolute Gasteiger partial charge is 0.263 e. The lowest BCUT2D eigenvalue weighted by Crippen LogP contribution is -1.91. The van der Waals surface area contributed by atoms with Gasteiger partial charge in [-0.1, -0.05) is 143 Å². The van der Waals surface area contributed by atoms with Crippen molar-refractivity contribution in [1.82, 2.24) is 15.0 Å². The minimum atomic E-state index is -0.597. The Morgan fingerprint density at radius 2 is 0.384 bits per heavy atom. The maximum absolute atomic E-state index is 4.14. The van der Waals surface area contributed by atoms with Gasteiger partial charge in [0.1, 0.15) is 5.92 Å². The van der Waals surface area contributed by atoms with Crippen LogP contribution in [0.1, 0.15) is 83.5 Å². The van der Waals surface area contributed by atoms with Crippen LogP contribution in [0.2, 0.25) is 0 Å². The molecule has 0 fully saturated rings. The maximum Gasteiger partial charge on any atom is 0.142 e. The summed E-state index contributed by atoms with van der Waals surface area (Å²) in [5, 5.41) is 0. The molecule has 0 spiro atoms. The smallest absolute Gasteiger partial charge is 0.142 e. The van der Waals surface area contributed by atoms with Crippen LogP contribution in [0, 0.1) is 112 Å². The fraction of sp³-hybridized carbons (Fsp3) is 0.0143. The van der Waals surface area contributed by atoms with Crippen molar-refractivity contribution in [2.75, 3.05) is 0 Å². The number of rotatable bonds is 0. The van der Waals surface area contributed by atoms with Gasteiger partial charge in [0.05, 0.1) is 0 Å². The van der Waals surface area contributed by atoms with E-state index in [1.165, 1.54) is 0 Å². The average Bonchev–Trinajstić information content (AvgIpc) is 3.45. The molecule has 3 heteroatoms. The van der Waals surface area contributed by atoms with Gasteiger partial charge in [0.2, 0.25) is 0 Å². The van der Waals surface area contributed by atoms with Gasteiger partial charge in [-0.15, -0.1) is 0 Å². The van der Waals surface area contributed by atoms with E-state index in [1.54, 1.807) is 37.2 Å². The molecule has 3 nitrogen and oxygen atoms in total. The van der Waals surface area contributed by atoms with Gasteiger partial charge in [0.15, 0.2) is 0 Å². The molecule has 0 radical (unpaired) electrons. The van der Waals surface area contributed by atoms with Crippen LogP contribution in [0.3, 0.4) is 0 Å². The van der Waals surface area contributed by atoms with E-state index >= 15 is 0 Å². The number of hydrogen-bond acceptors (Lipinski definition) is 3. The molecule has 73 heavy (non-hydrogen) atoms. The first-order valence-corrected chi connectivity index (χ1v) is 23.1. The SMILES string of the molecule is C(#Cc1cccc(C#Cc2cccc(C#CC(C#Cc3cccc(C#Cc4cccc(C#Cc5cccnc5)c4)c3)C#Cc3cccc(C#Cc4cccc(C#Cc5cccnc5)c4)c3)c2)c1)c1cccnc1. The monoisotopic (exact) mass is 919 g/mol. The Labute approximate surface area is 427 Å². The van der Waals surface area contributed by atoms with Gasteiger partial charge in [-0.3, -0.25) is 15.0 Å². The van der Waals surface area contributed by atoms with Gasteiger partial charge < -0.3 is 0 Å². The maximum atomic E-state index is 4.14. The third-order valence-corrected chi connectivity index (χ3v) is 10.3. The van der Waals surface area contributed by atoms with Crippen LogP contribution in [-0.4, -0.2) is 15.0 Å². The minimum absolute atomic E-state index is 0.597. The predicted molar refractivity (Wildman–Crippen MR) is 291 cm³/mol. The van der Waals surface area contributed by atoms with Gasteiger partial charge in [0.25, 0.3) is 0 Å². The summed E-state index contributed by atoms with van der Waals surface area (Å²) in [5.41, 5.74) is 12.6. The van der Waals surface area contributed by atoms with Gasteiger partial charge in [-0.05, 0) is 146 Å². The summed E-state index contributed by atoms with van der Waals surface area (Å²) in [4.78, 5) is 12.4. The second-order valence-electron chi connectivity index (χ2n) is 16.0. The molecule has 0 aliphatic heterocycles. The fourth-order valence-electron chi connectivity index (χ4n) is 6.80. The summed E-state index contributed by atoms with van der Waals surface area (Å²) in [7, 11) is 0. The normalized spacial score (nSPS) is 9.33. The Kier molecular flexibility index (Phi) is 15.9. The lowest BCUT2D eigenvalue weighted by molar-refractivity contribution is 1.23. The van der Waals surface area contributed by atoms with Crippen LogP contribution >= 0.6 is 0 Å². The van der Waals surface area contributed by atoms with Crippen LogP contribution in [0.5, 0.6) is 0 Å². The molecule has 0 saturated carbocycles. The number of benzene rings is 6. The van der Waals surface area contributed by atoms with Crippen molar-refractivity contribution >= 4 is 0 Å². The molecule has 0 atom stereocenters. The molecular weight excluding hydrogens is 883 g/mol. The van der Waals surface area contributed by atoms with E-state index in [4.69, 9.17) is 0 Å². The van der Waals surface area contributed by atoms with Crippen molar-refractivity contribution in [3.63, 3.8) is 0 Å². The Morgan fingerprint density at radius 3 is 0.575 bits per heavy atom. The summed E-state index contributed by atoms with van der Waals surface area (Å²) in [6.45, 7) is 0. The molecule has 9 rings (SSSR count). The highest BCUT2D eigenvalue weighted by Gasteiger charge is 2.00. The highest BCUT2D eigenvalue weighted by atomic mass is 14.6. The second-order valence-corrected chi connectivity index (χ2v) is 16.0. The van der Waals surface area contributed by atoms with Crippen molar-refractivity contribution in [3.8, 4) is 107 Å². The van der Waals surface area contributed by atoms with Crippen molar-refractivity contribution in [1.29, 1.82) is 0 Å². The van der Waals surface area contributed by atoms with E-state index in [0.29, 0.717) is 0 Å². The molecule has 3 heterocycles. The third-order valence-electron chi connectivity index (χ3n) is 10.3. The van der Waals surface area contributed by atoms with E-state index in [2.05, 4.69) is 122 Å². The molecular formula is C70H37N3. The van der Waals surface area contributed by atoms with Gasteiger partial charge >= 0.3 is 0 Å². The molecule has 0 bridgehead atoms. The molecule has 9 aromatic rings. The molecule has 0 amide bonds. The van der Waals surface area contributed by atoms with Gasteiger partial charge in [0, 0.05) is 121 Å². The fourth-order valence-corrected chi connectivity index (χ4v) is 6.80. The van der Waals surface area contributed by atoms with Crippen molar-refractivity contribution in [2.24, 2.45) is 5.92 Å².